The van der Waals surface area contributed by atoms with Crippen LogP contribution in [0.5, 0.6) is 0 Å². The second-order valence-corrected chi connectivity index (χ2v) is 11.4. The van der Waals surface area contributed by atoms with Gasteiger partial charge in [-0.2, -0.15) is 0 Å². The third-order valence-corrected chi connectivity index (χ3v) is 8.03. The van der Waals surface area contributed by atoms with Gasteiger partial charge in [0.1, 0.15) is 11.6 Å². The number of carbonyl (C=O) groups excluding carboxylic acids is 4. The molecule has 11 nitrogen and oxygen atoms in total. The van der Waals surface area contributed by atoms with Crippen LogP contribution in [0, 0.1) is 5.92 Å². The average Bonchev–Trinajstić information content (AvgIpc) is 3.76. The number of esters is 2. The van der Waals surface area contributed by atoms with E-state index in [1.165, 1.54) is 12.7 Å². The first-order chi connectivity index (χ1) is 20.2. The maximum Gasteiger partial charge on any atom is 0.341 e. The third-order valence-electron chi connectivity index (χ3n) is 8.03. The van der Waals surface area contributed by atoms with Crippen LogP contribution in [-0.2, 0) is 23.9 Å². The van der Waals surface area contributed by atoms with Gasteiger partial charge in [0.05, 0.1) is 19.1 Å². The fraction of sp³-hybridized carbons (Fsp3) is 0.581. The molecule has 42 heavy (non-hydrogen) atoms. The number of hydrogen-bond acceptors (Lipinski definition) is 9. The second kappa shape index (κ2) is 13.8. The maximum atomic E-state index is 13.1. The van der Waals surface area contributed by atoms with Crippen LogP contribution < -0.4 is 10.6 Å². The standard InChI is InChI=1S/C19H28N2O5.C12H13NO3/c1-4-25-17(23)15(13(2)3)20-18(24)19(10-6-5-7-11-19)21-16(22)14-9-8-12-26-14;14-11-12(6-2-1-3-7-12)13-10(16-11)9-5-4-8-15-9/h8-9,12-13,15H,4-7,10-11H2,1-3H3,(H,20,24)(H,21,22);4-5,8H,1-3,6-7H2/t15-;/m0./s1. The fourth-order valence-electron chi connectivity index (χ4n) is 5.66. The summed E-state index contributed by atoms with van der Waals surface area (Å²) in [6, 6.07) is 5.95. The Morgan fingerprint density at radius 2 is 1.60 bits per heavy atom. The smallest absolute Gasteiger partial charge is 0.341 e. The van der Waals surface area contributed by atoms with Crippen LogP contribution in [-0.4, -0.2) is 53.4 Å². The van der Waals surface area contributed by atoms with Gasteiger partial charge in [-0.05, 0) is 62.8 Å². The van der Waals surface area contributed by atoms with Crippen molar-refractivity contribution in [1.29, 1.82) is 0 Å². The van der Waals surface area contributed by atoms with Gasteiger partial charge in [0.2, 0.25) is 5.91 Å². The summed E-state index contributed by atoms with van der Waals surface area (Å²) >= 11 is 0. The highest BCUT2D eigenvalue weighted by molar-refractivity contribution is 6.06. The Labute approximate surface area is 245 Å². The lowest BCUT2D eigenvalue weighted by Gasteiger charge is -2.37. The number of nitrogens with one attached hydrogen (secondary N) is 2. The van der Waals surface area contributed by atoms with Gasteiger partial charge < -0.3 is 28.9 Å². The molecule has 0 unspecified atom stereocenters. The Kier molecular flexibility index (Phi) is 10.2. The van der Waals surface area contributed by atoms with Crippen LogP contribution >= 0.6 is 0 Å². The van der Waals surface area contributed by atoms with Gasteiger partial charge in [-0.25, -0.2) is 14.6 Å². The van der Waals surface area contributed by atoms with E-state index in [2.05, 4.69) is 15.6 Å². The van der Waals surface area contributed by atoms with Crippen molar-refractivity contribution < 1.29 is 37.5 Å². The Morgan fingerprint density at radius 1 is 0.952 bits per heavy atom. The minimum atomic E-state index is -1.04. The van der Waals surface area contributed by atoms with E-state index in [4.69, 9.17) is 18.3 Å². The largest absolute Gasteiger partial charge is 0.464 e. The number of aliphatic imine (C=N–C) groups is 1. The molecule has 0 radical (unpaired) electrons. The maximum absolute atomic E-state index is 13.1. The molecule has 0 saturated heterocycles. The van der Waals surface area contributed by atoms with Gasteiger partial charge in [-0.15, -0.1) is 0 Å². The van der Waals surface area contributed by atoms with E-state index in [1.54, 1.807) is 37.5 Å². The number of hydrogen-bond donors (Lipinski definition) is 2. The first-order valence-corrected chi connectivity index (χ1v) is 14.9. The van der Waals surface area contributed by atoms with E-state index < -0.39 is 29.0 Å². The molecule has 1 aliphatic heterocycles. The molecular formula is C31H41N3O8. The first kappa shape index (κ1) is 31.1. The quantitative estimate of drug-likeness (QED) is 0.425. The van der Waals surface area contributed by atoms with E-state index in [1.807, 2.05) is 13.8 Å². The molecule has 1 atom stereocenters. The Morgan fingerprint density at radius 3 is 2.17 bits per heavy atom. The Balaban J connectivity index is 0.000000214. The predicted octanol–water partition coefficient (Wildman–Crippen LogP) is 4.70. The number of nitrogens with zero attached hydrogens (tertiary/aromatic N) is 1. The molecule has 2 N–H and O–H groups in total. The van der Waals surface area contributed by atoms with E-state index in [-0.39, 0.29) is 30.2 Å². The summed E-state index contributed by atoms with van der Waals surface area (Å²) in [4.78, 5) is 54.1. The fourth-order valence-corrected chi connectivity index (χ4v) is 5.66. The molecule has 2 aliphatic carbocycles. The summed E-state index contributed by atoms with van der Waals surface area (Å²) < 4.78 is 20.6. The van der Waals surface area contributed by atoms with Crippen LogP contribution in [0.25, 0.3) is 0 Å². The van der Waals surface area contributed by atoms with Crippen LogP contribution in [0.3, 0.4) is 0 Å². The molecule has 5 rings (SSSR count). The number of amides is 2. The lowest BCUT2D eigenvalue weighted by molar-refractivity contribution is -0.149. The molecule has 2 amide bonds. The molecule has 0 aromatic carbocycles. The molecule has 0 bridgehead atoms. The van der Waals surface area contributed by atoms with Gasteiger partial charge in [-0.1, -0.05) is 52.4 Å². The molecule has 2 fully saturated rings. The molecule has 3 heterocycles. The van der Waals surface area contributed by atoms with Gasteiger partial charge in [0.25, 0.3) is 11.8 Å². The zero-order chi connectivity index (χ0) is 30.2. The van der Waals surface area contributed by atoms with E-state index >= 15 is 0 Å². The number of carbonyl (C=O) groups is 4. The van der Waals surface area contributed by atoms with Crippen molar-refractivity contribution in [3.63, 3.8) is 0 Å². The molecule has 228 valence electrons. The lowest BCUT2D eigenvalue weighted by Crippen LogP contribution is -2.62. The normalized spacial score (nSPS) is 19.6. The SMILES string of the molecule is CCOC(=O)[C@@H](NC(=O)C1(NC(=O)c2ccco2)CCCCC1)C(C)C.O=C1OC(c2ccco2)=NC12CCCCC2. The number of cyclic esters (lactones) is 1. The van der Waals surface area contributed by atoms with Crippen molar-refractivity contribution in [3.8, 4) is 0 Å². The van der Waals surface area contributed by atoms with Crippen molar-refractivity contribution in [1.82, 2.24) is 10.6 Å². The van der Waals surface area contributed by atoms with Crippen LogP contribution in [0.2, 0.25) is 0 Å². The molecule has 3 aliphatic rings. The van der Waals surface area contributed by atoms with Crippen molar-refractivity contribution in [3.05, 3.63) is 48.3 Å². The van der Waals surface area contributed by atoms with Crippen molar-refractivity contribution in [2.75, 3.05) is 6.61 Å². The zero-order valence-electron chi connectivity index (χ0n) is 24.6. The number of rotatable bonds is 8. The monoisotopic (exact) mass is 583 g/mol. The predicted molar refractivity (Wildman–Crippen MR) is 153 cm³/mol. The third kappa shape index (κ3) is 7.11. The average molecular weight is 584 g/mol. The number of ether oxygens (including phenoxy) is 2. The van der Waals surface area contributed by atoms with E-state index in [0.717, 1.165) is 44.9 Å². The Bertz CT molecular complexity index is 1240. The van der Waals surface area contributed by atoms with Gasteiger partial charge in [0, 0.05) is 0 Å². The van der Waals surface area contributed by atoms with Crippen LogP contribution in [0.1, 0.15) is 101 Å². The van der Waals surface area contributed by atoms with Crippen molar-refractivity contribution >= 4 is 29.7 Å². The van der Waals surface area contributed by atoms with Gasteiger partial charge in [0.15, 0.2) is 17.1 Å². The summed E-state index contributed by atoms with van der Waals surface area (Å²) in [5.74, 6) is -0.522. The minimum absolute atomic E-state index is 0.126. The second-order valence-electron chi connectivity index (χ2n) is 11.4. The highest BCUT2D eigenvalue weighted by Crippen LogP contribution is 2.37. The minimum Gasteiger partial charge on any atom is -0.464 e. The van der Waals surface area contributed by atoms with E-state index in [9.17, 15) is 19.2 Å². The van der Waals surface area contributed by atoms with Crippen molar-refractivity contribution in [2.45, 2.75) is 102 Å². The molecule has 2 aromatic heterocycles. The summed E-state index contributed by atoms with van der Waals surface area (Å²) in [6.07, 6.45) is 11.6. The molecule has 1 spiro atoms. The van der Waals surface area contributed by atoms with Gasteiger partial charge >= 0.3 is 11.9 Å². The summed E-state index contributed by atoms with van der Waals surface area (Å²) in [6.45, 7) is 5.66. The summed E-state index contributed by atoms with van der Waals surface area (Å²) in [7, 11) is 0. The molecule has 11 heteroatoms. The van der Waals surface area contributed by atoms with Crippen LogP contribution in [0.15, 0.2) is 50.6 Å². The number of furan rings is 2. The first-order valence-electron chi connectivity index (χ1n) is 14.9. The molecule has 2 aromatic rings. The Hall–Kier alpha value is -3.89. The zero-order valence-corrected chi connectivity index (χ0v) is 24.6. The van der Waals surface area contributed by atoms with Crippen molar-refractivity contribution in [2.24, 2.45) is 10.9 Å². The molecular weight excluding hydrogens is 542 g/mol. The molecule has 2 saturated carbocycles. The van der Waals surface area contributed by atoms with E-state index in [0.29, 0.717) is 24.5 Å². The summed E-state index contributed by atoms with van der Waals surface area (Å²) in [5, 5.41) is 5.66. The summed E-state index contributed by atoms with van der Waals surface area (Å²) in [5.41, 5.74) is -1.65. The van der Waals surface area contributed by atoms with Crippen LogP contribution in [0.4, 0.5) is 0 Å². The highest BCUT2D eigenvalue weighted by atomic mass is 16.6. The highest BCUT2D eigenvalue weighted by Gasteiger charge is 2.47. The lowest BCUT2D eigenvalue weighted by atomic mass is 9.80. The topological polar surface area (TPSA) is 149 Å². The van der Waals surface area contributed by atoms with Gasteiger partial charge in [-0.3, -0.25) is 9.59 Å².